The highest BCUT2D eigenvalue weighted by Gasteiger charge is 2.24. The number of hydrogen-bond donors (Lipinski definition) is 2. The number of nitrogens with one attached hydrogen (secondary N) is 1. The molecule has 2 aromatic carbocycles. The highest BCUT2D eigenvalue weighted by Crippen LogP contribution is 2.33. The van der Waals surface area contributed by atoms with E-state index in [1.54, 1.807) is 42.5 Å². The lowest BCUT2D eigenvalue weighted by Gasteiger charge is -2.14. The zero-order valence-corrected chi connectivity index (χ0v) is 18.1. The number of hydrogen-bond acceptors (Lipinski definition) is 6. The molecule has 0 aliphatic carbocycles. The number of carbonyl (C=O) groups excluding carboxylic acids is 1. The molecule has 0 saturated carbocycles. The fourth-order valence-corrected chi connectivity index (χ4v) is 3.55. The van der Waals surface area contributed by atoms with E-state index in [1.165, 1.54) is 25.8 Å². The lowest BCUT2D eigenvalue weighted by Crippen LogP contribution is -2.23. The summed E-state index contributed by atoms with van der Waals surface area (Å²) in [6.45, 7) is 1.42. The van der Waals surface area contributed by atoms with Crippen LogP contribution in [0.15, 0.2) is 46.3 Å². The van der Waals surface area contributed by atoms with Gasteiger partial charge in [0.05, 0.1) is 27.7 Å². The molecule has 2 aromatic rings. The van der Waals surface area contributed by atoms with Gasteiger partial charge in [-0.25, -0.2) is 9.79 Å². The van der Waals surface area contributed by atoms with Crippen LogP contribution in [0.1, 0.15) is 12.5 Å². The molecule has 0 spiro atoms. The van der Waals surface area contributed by atoms with Crippen LogP contribution in [0, 0.1) is 0 Å². The molecule has 1 fully saturated rings. The maximum atomic E-state index is 12.3. The van der Waals surface area contributed by atoms with E-state index < -0.39 is 12.1 Å². The van der Waals surface area contributed by atoms with Crippen molar-refractivity contribution >= 4 is 63.8 Å². The van der Waals surface area contributed by atoms with E-state index >= 15 is 0 Å². The first-order valence-electron chi connectivity index (χ1n) is 8.59. The Morgan fingerprint density at radius 2 is 1.97 bits per heavy atom. The number of rotatable bonds is 6. The number of amides is 1. The Balaban J connectivity index is 1.81. The summed E-state index contributed by atoms with van der Waals surface area (Å²) in [7, 11) is 1.45. The van der Waals surface area contributed by atoms with Crippen molar-refractivity contribution in [2.75, 3.05) is 7.11 Å². The number of benzene rings is 2. The number of carbonyl (C=O) groups is 2. The molecular weight excluding hydrogens is 451 g/mol. The lowest BCUT2D eigenvalue weighted by molar-refractivity contribution is -0.144. The third-order valence-corrected chi connectivity index (χ3v) is 5.57. The van der Waals surface area contributed by atoms with Crippen molar-refractivity contribution in [2.45, 2.75) is 13.0 Å². The summed E-state index contributed by atoms with van der Waals surface area (Å²) in [5, 5.41) is 12.9. The van der Waals surface area contributed by atoms with Gasteiger partial charge in [-0.2, -0.15) is 0 Å². The fourth-order valence-electron chi connectivity index (χ4n) is 2.42. The molecule has 1 atom stereocenters. The predicted molar refractivity (Wildman–Crippen MR) is 118 cm³/mol. The second-order valence-corrected chi connectivity index (χ2v) is 7.93. The third kappa shape index (κ3) is 5.27. The Labute approximate surface area is 186 Å². The minimum Gasteiger partial charge on any atom is -0.493 e. The topological polar surface area (TPSA) is 97.2 Å². The molecule has 3 rings (SSSR count). The second kappa shape index (κ2) is 9.42. The molecule has 0 bridgehead atoms. The maximum Gasteiger partial charge on any atom is 0.344 e. The lowest BCUT2D eigenvalue weighted by atomic mass is 10.2. The van der Waals surface area contributed by atoms with Gasteiger partial charge in [0.1, 0.15) is 0 Å². The largest absolute Gasteiger partial charge is 0.493 e. The van der Waals surface area contributed by atoms with Gasteiger partial charge in [-0.05, 0) is 60.7 Å². The van der Waals surface area contributed by atoms with Crippen molar-refractivity contribution in [3.8, 4) is 11.5 Å². The van der Waals surface area contributed by atoms with Crippen LogP contribution in [0.2, 0.25) is 10.0 Å². The molecule has 1 aliphatic rings. The molecule has 0 aromatic heterocycles. The van der Waals surface area contributed by atoms with Crippen LogP contribution in [0.4, 0.5) is 5.69 Å². The highest BCUT2D eigenvalue weighted by molar-refractivity contribution is 8.18. The summed E-state index contributed by atoms with van der Waals surface area (Å²) in [6, 6.07) is 9.86. The average Bonchev–Trinajstić information content (AvgIpc) is 3.04. The van der Waals surface area contributed by atoms with Gasteiger partial charge < -0.3 is 19.9 Å². The van der Waals surface area contributed by atoms with Crippen molar-refractivity contribution in [2.24, 2.45) is 4.99 Å². The number of aliphatic carboxylic acids is 1. The number of aliphatic imine (C=N–C) groups is 1. The van der Waals surface area contributed by atoms with E-state index in [0.717, 1.165) is 0 Å². The number of thioether (sulfide) groups is 1. The minimum absolute atomic E-state index is 0.292. The van der Waals surface area contributed by atoms with Crippen LogP contribution in [0.3, 0.4) is 0 Å². The quantitative estimate of drug-likeness (QED) is 0.596. The Morgan fingerprint density at radius 3 is 2.63 bits per heavy atom. The Kier molecular flexibility index (Phi) is 6.91. The van der Waals surface area contributed by atoms with Gasteiger partial charge in [-0.15, -0.1) is 0 Å². The first-order chi connectivity index (χ1) is 14.3. The van der Waals surface area contributed by atoms with E-state index in [4.69, 9.17) is 37.8 Å². The molecule has 30 heavy (non-hydrogen) atoms. The van der Waals surface area contributed by atoms with Crippen molar-refractivity contribution in [1.82, 2.24) is 5.32 Å². The molecule has 10 heteroatoms. The first-order valence-corrected chi connectivity index (χ1v) is 10.2. The molecular formula is C20H16Cl2N2O5S. The third-order valence-electron chi connectivity index (χ3n) is 3.92. The van der Waals surface area contributed by atoms with E-state index in [1.807, 2.05) is 0 Å². The van der Waals surface area contributed by atoms with Gasteiger partial charge in [-0.3, -0.25) is 4.79 Å². The van der Waals surface area contributed by atoms with E-state index in [-0.39, 0.29) is 5.91 Å². The summed E-state index contributed by atoms with van der Waals surface area (Å²) in [5.41, 5.74) is 1.24. The van der Waals surface area contributed by atoms with Crippen LogP contribution in [0.25, 0.3) is 6.08 Å². The number of halogens is 2. The zero-order valence-electron chi connectivity index (χ0n) is 15.8. The minimum atomic E-state index is -1.09. The van der Waals surface area contributed by atoms with Crippen molar-refractivity contribution in [1.29, 1.82) is 0 Å². The second-order valence-electron chi connectivity index (χ2n) is 6.09. The Hall–Kier alpha value is -2.68. The maximum absolute atomic E-state index is 12.3. The van der Waals surface area contributed by atoms with Gasteiger partial charge in [0.15, 0.2) is 22.8 Å². The molecule has 2 N–H and O–H groups in total. The van der Waals surface area contributed by atoms with E-state index in [9.17, 15) is 9.59 Å². The number of amidine groups is 1. The van der Waals surface area contributed by atoms with Gasteiger partial charge in [0.2, 0.25) is 0 Å². The molecule has 7 nitrogen and oxygen atoms in total. The van der Waals surface area contributed by atoms with Crippen LogP contribution >= 0.6 is 35.0 Å². The van der Waals surface area contributed by atoms with Crippen LogP contribution in [-0.2, 0) is 9.59 Å². The van der Waals surface area contributed by atoms with Gasteiger partial charge in [-0.1, -0.05) is 29.3 Å². The molecule has 1 aliphatic heterocycles. The standard InChI is InChI=1S/C20H16Cl2N2O5S/c1-10(19(26)27)29-15-6-3-11(7-16(15)28-2)8-17-18(25)24-20(30-17)23-12-4-5-13(21)14(22)9-12/h3-10H,1-2H3,(H,26,27)(H,23,24,25)/b17-8-/t10-/m0/s1. The fraction of sp³-hybridized carbons (Fsp3) is 0.150. The molecule has 1 heterocycles. The molecule has 1 amide bonds. The van der Waals surface area contributed by atoms with E-state index in [2.05, 4.69) is 10.3 Å². The monoisotopic (exact) mass is 466 g/mol. The zero-order chi connectivity index (χ0) is 21.8. The summed E-state index contributed by atoms with van der Waals surface area (Å²) < 4.78 is 10.7. The smallest absolute Gasteiger partial charge is 0.344 e. The number of ether oxygens (including phenoxy) is 2. The molecule has 1 saturated heterocycles. The molecule has 0 unspecified atom stereocenters. The average molecular weight is 467 g/mol. The Bertz CT molecular complexity index is 1070. The van der Waals surface area contributed by atoms with Crippen molar-refractivity contribution in [3.63, 3.8) is 0 Å². The molecule has 156 valence electrons. The first kappa shape index (κ1) is 22.0. The summed E-state index contributed by atoms with van der Waals surface area (Å²) in [6.07, 6.45) is 0.643. The highest BCUT2D eigenvalue weighted by atomic mass is 35.5. The number of methoxy groups -OCH3 is 1. The number of carboxylic acid groups (broad SMARTS) is 1. The Morgan fingerprint density at radius 1 is 1.20 bits per heavy atom. The molecule has 0 radical (unpaired) electrons. The number of carboxylic acids is 1. The van der Waals surface area contributed by atoms with E-state index in [0.29, 0.717) is 42.9 Å². The van der Waals surface area contributed by atoms with Gasteiger partial charge >= 0.3 is 5.97 Å². The van der Waals surface area contributed by atoms with Crippen molar-refractivity contribution in [3.05, 3.63) is 56.9 Å². The van der Waals surface area contributed by atoms with Gasteiger partial charge in [0, 0.05) is 0 Å². The van der Waals surface area contributed by atoms with Gasteiger partial charge in [0.25, 0.3) is 5.91 Å². The predicted octanol–water partition coefficient (Wildman–Crippen LogP) is 4.75. The summed E-state index contributed by atoms with van der Waals surface area (Å²) >= 11 is 13.1. The summed E-state index contributed by atoms with van der Waals surface area (Å²) in [4.78, 5) is 28.1. The van der Waals surface area contributed by atoms with Crippen LogP contribution in [-0.4, -0.2) is 35.4 Å². The SMILES string of the molecule is COc1cc(/C=C2\SC(=Nc3ccc(Cl)c(Cl)c3)NC2=O)ccc1O[C@@H](C)C(=O)O. The normalized spacial score (nSPS) is 17.1. The number of nitrogens with zero attached hydrogens (tertiary/aromatic N) is 1. The summed E-state index contributed by atoms with van der Waals surface area (Å²) in [5.74, 6) is -0.737. The van der Waals surface area contributed by atoms with Crippen LogP contribution < -0.4 is 14.8 Å². The van der Waals surface area contributed by atoms with Crippen LogP contribution in [0.5, 0.6) is 11.5 Å². The van der Waals surface area contributed by atoms with Crippen molar-refractivity contribution < 1.29 is 24.2 Å².